The number of halogens is 1. The fourth-order valence-electron chi connectivity index (χ4n) is 3.21. The van der Waals surface area contributed by atoms with Crippen molar-refractivity contribution >= 4 is 33.0 Å². The second-order valence-corrected chi connectivity index (χ2v) is 11.5. The molecule has 34 heavy (non-hydrogen) atoms. The van der Waals surface area contributed by atoms with Crippen LogP contribution < -0.4 is 10.5 Å². The van der Waals surface area contributed by atoms with E-state index in [4.69, 9.17) is 10.7 Å². The Kier molecular flexibility index (Phi) is 6.13. The van der Waals surface area contributed by atoms with Gasteiger partial charge >= 0.3 is 0 Å². The van der Waals surface area contributed by atoms with Crippen LogP contribution in [-0.2, 0) is 15.4 Å². The Hall–Kier alpha value is -3.37. The minimum absolute atomic E-state index is 0.0451. The SMILES string of the molecule is Cc1ccc(S(=O)(=O)Nc2cccc(-c3nc(C(C)(C)C)sc3-c3ccnc(N)n3)c2F)cc1. The van der Waals surface area contributed by atoms with Gasteiger partial charge in [0.25, 0.3) is 10.0 Å². The minimum atomic E-state index is -3.98. The highest BCUT2D eigenvalue weighted by Crippen LogP contribution is 2.41. The number of nitrogens with one attached hydrogen (secondary N) is 1. The molecule has 0 aliphatic heterocycles. The van der Waals surface area contributed by atoms with E-state index in [0.29, 0.717) is 16.3 Å². The zero-order valence-corrected chi connectivity index (χ0v) is 20.8. The third-order valence-corrected chi connectivity index (χ3v) is 7.89. The summed E-state index contributed by atoms with van der Waals surface area (Å²) < 4.78 is 43.8. The predicted octanol–water partition coefficient (Wildman–Crippen LogP) is 5.40. The van der Waals surface area contributed by atoms with E-state index < -0.39 is 15.8 Å². The van der Waals surface area contributed by atoms with Gasteiger partial charge in [-0.3, -0.25) is 4.72 Å². The van der Waals surface area contributed by atoms with Crippen molar-refractivity contribution < 1.29 is 12.8 Å². The lowest BCUT2D eigenvalue weighted by Crippen LogP contribution is -2.14. The molecule has 4 rings (SSSR count). The van der Waals surface area contributed by atoms with E-state index in [1.165, 1.54) is 35.7 Å². The summed E-state index contributed by atoms with van der Waals surface area (Å²) >= 11 is 1.39. The molecule has 7 nitrogen and oxygen atoms in total. The average Bonchev–Trinajstić information content (AvgIpc) is 3.21. The topological polar surface area (TPSA) is 111 Å². The van der Waals surface area contributed by atoms with E-state index in [1.807, 2.05) is 27.7 Å². The number of hydrogen-bond acceptors (Lipinski definition) is 7. The van der Waals surface area contributed by atoms with E-state index >= 15 is 4.39 Å². The Bertz CT molecular complexity index is 1460. The Balaban J connectivity index is 1.82. The number of rotatable bonds is 5. The molecule has 2 aromatic carbocycles. The maximum atomic E-state index is 15.7. The molecule has 0 aliphatic carbocycles. The maximum absolute atomic E-state index is 15.7. The number of nitrogens with zero attached hydrogens (tertiary/aromatic N) is 3. The van der Waals surface area contributed by atoms with Crippen LogP contribution in [0.15, 0.2) is 59.6 Å². The molecule has 2 aromatic heterocycles. The standard InChI is InChI=1S/C24H24FN5O2S2/c1-14-8-10-15(11-9-14)34(31,32)30-17-7-5-6-16(19(17)25)20-21(18-12-13-27-23(26)28-18)33-22(29-20)24(2,3)4/h5-13,30H,1-4H3,(H2,26,27,28). The van der Waals surface area contributed by atoms with E-state index in [-0.39, 0.29) is 27.5 Å². The molecule has 0 spiro atoms. The van der Waals surface area contributed by atoms with Gasteiger partial charge in [0.05, 0.1) is 31.9 Å². The van der Waals surface area contributed by atoms with E-state index in [0.717, 1.165) is 10.6 Å². The summed E-state index contributed by atoms with van der Waals surface area (Å²) in [6.07, 6.45) is 1.53. The fraction of sp³-hybridized carbons (Fsp3) is 0.208. The van der Waals surface area contributed by atoms with Crippen molar-refractivity contribution in [2.45, 2.75) is 38.0 Å². The molecule has 0 aliphatic rings. The summed E-state index contributed by atoms with van der Waals surface area (Å²) in [6.45, 7) is 7.89. The first kappa shape index (κ1) is 23.8. The lowest BCUT2D eigenvalue weighted by Gasteiger charge is -2.14. The number of aromatic nitrogens is 3. The van der Waals surface area contributed by atoms with Crippen molar-refractivity contribution in [1.82, 2.24) is 15.0 Å². The zero-order chi connectivity index (χ0) is 24.7. The van der Waals surface area contributed by atoms with Gasteiger partial charge in [-0.25, -0.2) is 27.8 Å². The van der Waals surface area contributed by atoms with Crippen molar-refractivity contribution in [1.29, 1.82) is 0 Å². The van der Waals surface area contributed by atoms with Crippen LogP contribution in [0.2, 0.25) is 0 Å². The highest BCUT2D eigenvalue weighted by atomic mass is 32.2. The Morgan fingerprint density at radius 3 is 2.38 bits per heavy atom. The third-order valence-electron chi connectivity index (χ3n) is 5.01. The largest absolute Gasteiger partial charge is 0.368 e. The highest BCUT2D eigenvalue weighted by molar-refractivity contribution is 7.92. The first-order valence-corrected chi connectivity index (χ1v) is 12.7. The van der Waals surface area contributed by atoms with Gasteiger partial charge in [0.2, 0.25) is 5.95 Å². The zero-order valence-electron chi connectivity index (χ0n) is 19.1. The summed E-state index contributed by atoms with van der Waals surface area (Å²) in [6, 6.07) is 12.5. The highest BCUT2D eigenvalue weighted by Gasteiger charge is 2.26. The average molecular weight is 498 g/mol. The van der Waals surface area contributed by atoms with E-state index in [1.54, 1.807) is 30.3 Å². The van der Waals surface area contributed by atoms with Crippen LogP contribution in [-0.4, -0.2) is 23.4 Å². The summed E-state index contributed by atoms with van der Waals surface area (Å²) in [5.41, 5.74) is 7.26. The number of hydrogen-bond donors (Lipinski definition) is 2. The molecular formula is C24H24FN5O2S2. The number of benzene rings is 2. The fourth-order valence-corrected chi connectivity index (χ4v) is 5.38. The van der Waals surface area contributed by atoms with Crippen molar-refractivity contribution in [3.05, 3.63) is 71.1 Å². The predicted molar refractivity (Wildman–Crippen MR) is 134 cm³/mol. The maximum Gasteiger partial charge on any atom is 0.261 e. The first-order chi connectivity index (χ1) is 16.0. The first-order valence-electron chi connectivity index (χ1n) is 10.4. The molecule has 0 saturated heterocycles. The second kappa shape index (κ2) is 8.77. The lowest BCUT2D eigenvalue weighted by molar-refractivity contribution is 0.585. The molecule has 0 fully saturated rings. The summed E-state index contributed by atoms with van der Waals surface area (Å²) in [5, 5.41) is 0.778. The summed E-state index contributed by atoms with van der Waals surface area (Å²) in [4.78, 5) is 13.6. The number of anilines is 2. The third kappa shape index (κ3) is 4.78. The molecule has 0 amide bonds. The van der Waals surface area contributed by atoms with Crippen molar-refractivity contribution in [2.75, 3.05) is 10.5 Å². The minimum Gasteiger partial charge on any atom is -0.368 e. The Morgan fingerprint density at radius 2 is 1.74 bits per heavy atom. The number of thiazole rings is 1. The van der Waals surface area contributed by atoms with Gasteiger partial charge in [-0.1, -0.05) is 44.5 Å². The van der Waals surface area contributed by atoms with Crippen LogP contribution >= 0.6 is 11.3 Å². The van der Waals surface area contributed by atoms with E-state index in [9.17, 15) is 8.42 Å². The monoisotopic (exact) mass is 497 g/mol. The molecule has 0 unspecified atom stereocenters. The van der Waals surface area contributed by atoms with Crippen LogP contribution in [0.3, 0.4) is 0 Å². The molecular weight excluding hydrogens is 473 g/mol. The molecule has 4 aromatic rings. The quantitative estimate of drug-likeness (QED) is 0.382. The number of nitrogens with two attached hydrogens (primary N) is 1. The lowest BCUT2D eigenvalue weighted by atomic mass is 9.98. The normalized spacial score (nSPS) is 12.0. The van der Waals surface area contributed by atoms with Gasteiger partial charge in [0.1, 0.15) is 0 Å². The molecule has 3 N–H and O–H groups in total. The number of aryl methyl sites for hydroxylation is 1. The van der Waals surface area contributed by atoms with Crippen LogP contribution in [0.5, 0.6) is 0 Å². The molecule has 0 radical (unpaired) electrons. The van der Waals surface area contributed by atoms with Crippen molar-refractivity contribution in [2.24, 2.45) is 0 Å². The van der Waals surface area contributed by atoms with Gasteiger partial charge in [-0.05, 0) is 37.3 Å². The second-order valence-electron chi connectivity index (χ2n) is 8.83. The smallest absolute Gasteiger partial charge is 0.261 e. The summed E-state index contributed by atoms with van der Waals surface area (Å²) in [7, 11) is -3.98. The van der Waals surface area contributed by atoms with Crippen LogP contribution in [0, 0.1) is 12.7 Å². The van der Waals surface area contributed by atoms with Gasteiger partial charge in [0, 0.05) is 17.2 Å². The molecule has 2 heterocycles. The Morgan fingerprint density at radius 1 is 1.03 bits per heavy atom. The van der Waals surface area contributed by atoms with Gasteiger partial charge < -0.3 is 5.73 Å². The number of nitrogen functional groups attached to an aromatic ring is 1. The van der Waals surface area contributed by atoms with E-state index in [2.05, 4.69) is 14.7 Å². The van der Waals surface area contributed by atoms with Crippen molar-refractivity contribution in [3.8, 4) is 21.8 Å². The molecule has 0 saturated carbocycles. The summed E-state index contributed by atoms with van der Waals surface area (Å²) in [5.74, 6) is -0.638. The number of sulfonamides is 1. The van der Waals surface area contributed by atoms with Crippen LogP contribution in [0.25, 0.3) is 21.8 Å². The van der Waals surface area contributed by atoms with Crippen molar-refractivity contribution in [3.63, 3.8) is 0 Å². The van der Waals surface area contributed by atoms with Gasteiger partial charge in [0.15, 0.2) is 5.82 Å². The molecule has 176 valence electrons. The van der Waals surface area contributed by atoms with Gasteiger partial charge in [-0.15, -0.1) is 11.3 Å². The van der Waals surface area contributed by atoms with Crippen LogP contribution in [0.1, 0.15) is 31.3 Å². The van der Waals surface area contributed by atoms with Gasteiger partial charge in [-0.2, -0.15) is 0 Å². The molecule has 0 atom stereocenters. The Labute approximate surface area is 202 Å². The molecule has 10 heteroatoms. The molecule has 0 bridgehead atoms. The van der Waals surface area contributed by atoms with Crippen LogP contribution in [0.4, 0.5) is 16.0 Å².